The lowest BCUT2D eigenvalue weighted by molar-refractivity contribution is -0.122. The zero-order valence-electron chi connectivity index (χ0n) is 18.7. The quantitative estimate of drug-likeness (QED) is 0.301. The van der Waals surface area contributed by atoms with Gasteiger partial charge in [0.15, 0.2) is 11.7 Å². The summed E-state index contributed by atoms with van der Waals surface area (Å²) in [6, 6.07) is 22.5. The van der Waals surface area contributed by atoms with Crippen molar-refractivity contribution in [3.63, 3.8) is 0 Å². The van der Waals surface area contributed by atoms with Crippen molar-refractivity contribution in [3.8, 4) is 11.5 Å². The summed E-state index contributed by atoms with van der Waals surface area (Å²) in [6.45, 7) is -0.271. The monoisotopic (exact) mass is 487 g/mol. The molecule has 2 N–H and O–H groups in total. The Morgan fingerprint density at radius 1 is 1.00 bits per heavy atom. The summed E-state index contributed by atoms with van der Waals surface area (Å²) in [5, 5.41) is 5.29. The number of nitrogens with zero attached hydrogens (tertiary/aromatic N) is 1. The largest absolute Gasteiger partial charge is 0.497 e. The predicted molar refractivity (Wildman–Crippen MR) is 136 cm³/mol. The van der Waals surface area contributed by atoms with Crippen LogP contribution in [0.3, 0.4) is 0 Å². The minimum Gasteiger partial charge on any atom is -0.497 e. The number of hydrogen-bond acceptors (Lipinski definition) is 6. The van der Waals surface area contributed by atoms with Gasteiger partial charge in [-0.2, -0.15) is 0 Å². The van der Waals surface area contributed by atoms with E-state index in [1.807, 2.05) is 6.07 Å². The molecule has 35 heavy (non-hydrogen) atoms. The third-order valence-electron chi connectivity index (χ3n) is 5.07. The van der Waals surface area contributed by atoms with Crippen molar-refractivity contribution >= 4 is 52.5 Å². The van der Waals surface area contributed by atoms with Crippen molar-refractivity contribution < 1.29 is 23.9 Å². The van der Waals surface area contributed by atoms with Gasteiger partial charge < -0.3 is 14.8 Å². The smallest absolute Gasteiger partial charge is 0.270 e. The second-order valence-electron chi connectivity index (χ2n) is 7.40. The zero-order chi connectivity index (χ0) is 24.8. The summed E-state index contributed by atoms with van der Waals surface area (Å²) in [5.74, 6) is -0.528. The Balaban J connectivity index is 1.51. The van der Waals surface area contributed by atoms with E-state index >= 15 is 0 Å². The average molecular weight is 488 g/mol. The second kappa shape index (κ2) is 10.6. The van der Waals surface area contributed by atoms with Crippen LogP contribution >= 0.6 is 12.2 Å². The van der Waals surface area contributed by atoms with E-state index in [2.05, 4.69) is 10.6 Å². The Kier molecular flexibility index (Phi) is 7.18. The Bertz CT molecular complexity index is 1310. The molecule has 1 fully saturated rings. The highest BCUT2D eigenvalue weighted by atomic mass is 32.1. The fourth-order valence-corrected chi connectivity index (χ4v) is 3.65. The first kappa shape index (κ1) is 23.7. The molecule has 0 saturated carbocycles. The van der Waals surface area contributed by atoms with Gasteiger partial charge >= 0.3 is 0 Å². The SMILES string of the molecule is COc1ccc(NC(=O)COc2ccccc2C=C2C(=O)NC(=S)N(c3ccccc3)C2=O)cc1. The van der Waals surface area contributed by atoms with Crippen LogP contribution in [0.15, 0.2) is 84.4 Å². The molecular formula is C26H21N3O5S. The predicted octanol–water partition coefficient (Wildman–Crippen LogP) is 3.54. The van der Waals surface area contributed by atoms with E-state index in [0.717, 1.165) is 0 Å². The normalized spacial score (nSPS) is 14.5. The number of para-hydroxylation sites is 2. The maximum Gasteiger partial charge on any atom is 0.270 e. The number of rotatable bonds is 7. The maximum atomic E-state index is 13.2. The fraction of sp³-hybridized carbons (Fsp3) is 0.0769. The van der Waals surface area contributed by atoms with E-state index in [0.29, 0.717) is 28.4 Å². The van der Waals surface area contributed by atoms with Crippen molar-refractivity contribution in [2.75, 3.05) is 23.9 Å². The van der Waals surface area contributed by atoms with Gasteiger partial charge in [0.2, 0.25) is 0 Å². The fourth-order valence-electron chi connectivity index (χ4n) is 3.37. The molecule has 0 spiro atoms. The van der Waals surface area contributed by atoms with Gasteiger partial charge in [-0.3, -0.25) is 24.6 Å². The van der Waals surface area contributed by atoms with Crippen molar-refractivity contribution in [2.45, 2.75) is 0 Å². The summed E-state index contributed by atoms with van der Waals surface area (Å²) >= 11 is 5.21. The van der Waals surface area contributed by atoms with Gasteiger partial charge in [0, 0.05) is 11.3 Å². The summed E-state index contributed by atoms with van der Waals surface area (Å²) < 4.78 is 10.8. The molecule has 1 aliphatic rings. The Labute approximate surface area is 207 Å². The highest BCUT2D eigenvalue weighted by Crippen LogP contribution is 2.25. The lowest BCUT2D eigenvalue weighted by Crippen LogP contribution is -2.54. The van der Waals surface area contributed by atoms with Crippen LogP contribution in [0.4, 0.5) is 11.4 Å². The minimum absolute atomic E-state index is 0.00286. The molecule has 3 aromatic carbocycles. The summed E-state index contributed by atoms with van der Waals surface area (Å²) in [7, 11) is 1.56. The van der Waals surface area contributed by atoms with Crippen molar-refractivity contribution in [2.24, 2.45) is 0 Å². The van der Waals surface area contributed by atoms with E-state index in [9.17, 15) is 14.4 Å². The molecule has 0 bridgehead atoms. The lowest BCUT2D eigenvalue weighted by atomic mass is 10.1. The molecule has 1 heterocycles. The molecule has 9 heteroatoms. The molecule has 3 amide bonds. The molecule has 0 atom stereocenters. The number of carbonyl (C=O) groups excluding carboxylic acids is 3. The van der Waals surface area contributed by atoms with Gasteiger partial charge in [0.1, 0.15) is 17.1 Å². The standard InChI is InChI=1S/C26H21N3O5S/c1-33-20-13-11-18(12-14-20)27-23(30)16-34-22-10-6-5-7-17(22)15-21-24(31)28-26(35)29(25(21)32)19-8-3-2-4-9-19/h2-15H,16H2,1H3,(H,27,30)(H,28,31,35). The molecule has 4 rings (SSSR count). The Morgan fingerprint density at radius 3 is 2.40 bits per heavy atom. The van der Waals surface area contributed by atoms with Crippen molar-refractivity contribution in [3.05, 3.63) is 90.0 Å². The summed E-state index contributed by atoms with van der Waals surface area (Å²) in [5.41, 5.74) is 1.48. The van der Waals surface area contributed by atoms with Gasteiger partial charge in [0.05, 0.1) is 12.8 Å². The molecule has 0 aromatic heterocycles. The van der Waals surface area contributed by atoms with Gasteiger partial charge in [-0.25, -0.2) is 0 Å². The number of hydrogen-bond donors (Lipinski definition) is 2. The van der Waals surface area contributed by atoms with E-state index in [1.165, 1.54) is 11.0 Å². The lowest BCUT2D eigenvalue weighted by Gasteiger charge is -2.28. The van der Waals surface area contributed by atoms with Crippen molar-refractivity contribution in [1.82, 2.24) is 5.32 Å². The average Bonchev–Trinajstić information content (AvgIpc) is 2.87. The number of methoxy groups -OCH3 is 1. The van der Waals surface area contributed by atoms with Gasteiger partial charge in [-0.1, -0.05) is 36.4 Å². The minimum atomic E-state index is -0.612. The zero-order valence-corrected chi connectivity index (χ0v) is 19.5. The number of anilines is 2. The molecule has 0 radical (unpaired) electrons. The molecule has 176 valence electrons. The third kappa shape index (κ3) is 5.53. The van der Waals surface area contributed by atoms with Crippen LogP contribution in [0.25, 0.3) is 6.08 Å². The number of nitrogens with one attached hydrogen (secondary N) is 2. The third-order valence-corrected chi connectivity index (χ3v) is 5.35. The molecule has 0 unspecified atom stereocenters. The first-order valence-corrected chi connectivity index (χ1v) is 11.0. The van der Waals surface area contributed by atoms with Crippen molar-refractivity contribution in [1.29, 1.82) is 0 Å². The summed E-state index contributed by atoms with van der Waals surface area (Å²) in [4.78, 5) is 39.4. The van der Waals surface area contributed by atoms with E-state index in [4.69, 9.17) is 21.7 Å². The molecule has 1 aliphatic heterocycles. The van der Waals surface area contributed by atoms with Gasteiger partial charge in [-0.15, -0.1) is 0 Å². The van der Waals surface area contributed by atoms with Crippen LogP contribution in [0.5, 0.6) is 11.5 Å². The molecular weight excluding hydrogens is 466 g/mol. The number of ether oxygens (including phenoxy) is 2. The van der Waals surface area contributed by atoms with Crippen LogP contribution in [0.1, 0.15) is 5.56 Å². The van der Waals surface area contributed by atoms with E-state index < -0.39 is 11.8 Å². The Hall–Kier alpha value is -4.50. The number of carbonyl (C=O) groups is 3. The maximum absolute atomic E-state index is 13.2. The second-order valence-corrected chi connectivity index (χ2v) is 7.78. The van der Waals surface area contributed by atoms with Crippen LogP contribution in [0, 0.1) is 0 Å². The van der Waals surface area contributed by atoms with Gasteiger partial charge in [0.25, 0.3) is 17.7 Å². The molecule has 8 nitrogen and oxygen atoms in total. The van der Waals surface area contributed by atoms with E-state index in [1.54, 1.807) is 79.9 Å². The highest BCUT2D eigenvalue weighted by Gasteiger charge is 2.34. The molecule has 1 saturated heterocycles. The van der Waals surface area contributed by atoms with Crippen LogP contribution in [-0.4, -0.2) is 36.6 Å². The van der Waals surface area contributed by atoms with Crippen LogP contribution in [0.2, 0.25) is 0 Å². The topological polar surface area (TPSA) is 97.0 Å². The van der Waals surface area contributed by atoms with Crippen LogP contribution < -0.4 is 25.0 Å². The highest BCUT2D eigenvalue weighted by molar-refractivity contribution is 7.80. The Morgan fingerprint density at radius 2 is 1.69 bits per heavy atom. The molecule has 0 aliphatic carbocycles. The number of benzene rings is 3. The first-order valence-electron chi connectivity index (χ1n) is 10.6. The number of thiocarbonyl (C=S) groups is 1. The van der Waals surface area contributed by atoms with E-state index in [-0.39, 0.29) is 23.2 Å². The summed E-state index contributed by atoms with van der Waals surface area (Å²) in [6.07, 6.45) is 1.42. The first-order chi connectivity index (χ1) is 17.0. The number of amides is 3. The molecule has 3 aromatic rings. The van der Waals surface area contributed by atoms with Crippen LogP contribution in [-0.2, 0) is 14.4 Å². The van der Waals surface area contributed by atoms with Gasteiger partial charge in [-0.05, 0) is 60.8 Å².